The van der Waals surface area contributed by atoms with Gasteiger partial charge in [-0.25, -0.2) is 8.42 Å². The van der Waals surface area contributed by atoms with Crippen LogP contribution in [0.3, 0.4) is 0 Å². The van der Waals surface area contributed by atoms with E-state index in [1.54, 1.807) is 24.5 Å². The summed E-state index contributed by atoms with van der Waals surface area (Å²) in [5.41, 5.74) is 0.885. The lowest BCUT2D eigenvalue weighted by Crippen LogP contribution is -2.23. The fraction of sp³-hybridized carbons (Fsp3) is 0.333. The number of hydrogen-bond donors (Lipinski definition) is 1. The molecule has 1 heterocycles. The van der Waals surface area contributed by atoms with Crippen LogP contribution in [0.4, 0.5) is 0 Å². The Bertz CT molecular complexity index is 648. The predicted octanol–water partition coefficient (Wildman–Crippen LogP) is 2.77. The Kier molecular flexibility index (Phi) is 4.62. The number of benzene rings is 1. The van der Waals surface area contributed by atoms with E-state index < -0.39 is 9.84 Å². The van der Waals surface area contributed by atoms with Crippen LogP contribution in [0.15, 0.2) is 52.0 Å². The molecule has 1 unspecified atom stereocenters. The Morgan fingerprint density at radius 3 is 2.65 bits per heavy atom. The van der Waals surface area contributed by atoms with E-state index in [9.17, 15) is 8.42 Å². The number of nitrogens with one attached hydrogen (secondary N) is 1. The highest BCUT2D eigenvalue weighted by Gasteiger charge is 2.18. The summed E-state index contributed by atoms with van der Waals surface area (Å²) in [7, 11) is -3.21. The van der Waals surface area contributed by atoms with Crippen molar-refractivity contribution in [3.8, 4) is 0 Å². The minimum atomic E-state index is -3.21. The number of sulfone groups is 1. The fourth-order valence-electron chi connectivity index (χ4n) is 2.05. The van der Waals surface area contributed by atoms with E-state index in [0.717, 1.165) is 24.3 Å². The molecule has 108 valence electrons. The lowest BCUT2D eigenvalue weighted by molar-refractivity contribution is 0.446. The van der Waals surface area contributed by atoms with Gasteiger partial charge in [0, 0.05) is 6.26 Å². The van der Waals surface area contributed by atoms with Crippen molar-refractivity contribution < 1.29 is 12.8 Å². The van der Waals surface area contributed by atoms with E-state index in [-0.39, 0.29) is 6.04 Å². The molecule has 0 fully saturated rings. The third kappa shape index (κ3) is 3.49. The molecular formula is C15H19NO3S. The van der Waals surface area contributed by atoms with Crippen molar-refractivity contribution in [3.63, 3.8) is 0 Å². The molecule has 0 aliphatic rings. The van der Waals surface area contributed by atoms with Gasteiger partial charge in [0.25, 0.3) is 0 Å². The third-order valence-corrected chi connectivity index (χ3v) is 4.16. The minimum Gasteiger partial charge on any atom is -0.467 e. The maximum absolute atomic E-state index is 11.7. The number of hydrogen-bond acceptors (Lipinski definition) is 4. The van der Waals surface area contributed by atoms with Crippen LogP contribution in [-0.2, 0) is 9.84 Å². The molecule has 0 radical (unpaired) electrons. The highest BCUT2D eigenvalue weighted by molar-refractivity contribution is 7.90. The minimum absolute atomic E-state index is 0.133. The molecule has 4 nitrogen and oxygen atoms in total. The molecule has 1 aromatic heterocycles. The van der Waals surface area contributed by atoms with Crippen LogP contribution in [0.2, 0.25) is 0 Å². The zero-order valence-corrected chi connectivity index (χ0v) is 12.5. The average Bonchev–Trinajstić information content (AvgIpc) is 2.92. The lowest BCUT2D eigenvalue weighted by atomic mass is 10.0. The summed E-state index contributed by atoms with van der Waals surface area (Å²) in [6.07, 6.45) is 3.83. The van der Waals surface area contributed by atoms with Crippen LogP contribution in [-0.4, -0.2) is 21.2 Å². The maximum Gasteiger partial charge on any atom is 0.175 e. The highest BCUT2D eigenvalue weighted by Crippen LogP contribution is 2.24. The smallest absolute Gasteiger partial charge is 0.175 e. The Hall–Kier alpha value is -1.59. The second-order valence-electron chi connectivity index (χ2n) is 4.75. The quantitative estimate of drug-likeness (QED) is 0.889. The van der Waals surface area contributed by atoms with Crippen LogP contribution in [0.25, 0.3) is 0 Å². The Balaban J connectivity index is 2.39. The Labute approximate surface area is 119 Å². The average molecular weight is 293 g/mol. The number of furan rings is 1. The topological polar surface area (TPSA) is 59.3 Å². The molecule has 0 saturated carbocycles. The molecule has 5 heteroatoms. The molecule has 1 aromatic carbocycles. The highest BCUT2D eigenvalue weighted by atomic mass is 32.2. The molecule has 20 heavy (non-hydrogen) atoms. The molecule has 1 N–H and O–H groups in total. The van der Waals surface area contributed by atoms with Crippen molar-refractivity contribution in [2.45, 2.75) is 24.3 Å². The van der Waals surface area contributed by atoms with Gasteiger partial charge in [-0.3, -0.25) is 0 Å². The van der Waals surface area contributed by atoms with Crippen LogP contribution in [0.1, 0.15) is 30.7 Å². The Morgan fingerprint density at radius 2 is 2.05 bits per heavy atom. The molecular weight excluding hydrogens is 274 g/mol. The van der Waals surface area contributed by atoms with Crippen molar-refractivity contribution in [2.75, 3.05) is 12.8 Å². The molecule has 0 bridgehead atoms. The first kappa shape index (κ1) is 14.8. The SMILES string of the molecule is CCCNC(c1cccc(S(C)(=O)=O)c1)c1ccco1. The van der Waals surface area contributed by atoms with Gasteiger partial charge in [-0.1, -0.05) is 19.1 Å². The van der Waals surface area contributed by atoms with Gasteiger partial charge in [-0.15, -0.1) is 0 Å². The Morgan fingerprint density at radius 1 is 1.25 bits per heavy atom. The van der Waals surface area contributed by atoms with E-state index in [1.165, 1.54) is 6.26 Å². The standard InChI is InChI=1S/C15H19NO3S/c1-3-9-16-15(14-8-5-10-19-14)12-6-4-7-13(11-12)20(2,17)18/h4-8,10-11,15-16H,3,9H2,1-2H3. The van der Waals surface area contributed by atoms with Gasteiger partial charge in [-0.2, -0.15) is 0 Å². The molecule has 2 aromatic rings. The van der Waals surface area contributed by atoms with Gasteiger partial charge < -0.3 is 9.73 Å². The summed E-state index contributed by atoms with van der Waals surface area (Å²) < 4.78 is 28.8. The summed E-state index contributed by atoms with van der Waals surface area (Å²) in [6, 6.07) is 10.6. The first-order chi connectivity index (χ1) is 9.52. The summed E-state index contributed by atoms with van der Waals surface area (Å²) in [6.45, 7) is 2.91. The molecule has 2 rings (SSSR count). The van der Waals surface area contributed by atoms with Crippen LogP contribution < -0.4 is 5.32 Å². The van der Waals surface area contributed by atoms with Crippen molar-refractivity contribution >= 4 is 9.84 Å². The summed E-state index contributed by atoms with van der Waals surface area (Å²) in [4.78, 5) is 0.324. The van der Waals surface area contributed by atoms with Gasteiger partial charge in [0.15, 0.2) is 9.84 Å². The third-order valence-electron chi connectivity index (χ3n) is 3.05. The largest absolute Gasteiger partial charge is 0.467 e. The maximum atomic E-state index is 11.7. The second-order valence-corrected chi connectivity index (χ2v) is 6.76. The predicted molar refractivity (Wildman–Crippen MR) is 78.4 cm³/mol. The summed E-state index contributed by atoms with van der Waals surface area (Å²) >= 11 is 0. The molecule has 1 atom stereocenters. The summed E-state index contributed by atoms with van der Waals surface area (Å²) in [5, 5.41) is 3.38. The molecule has 0 spiro atoms. The summed E-state index contributed by atoms with van der Waals surface area (Å²) in [5.74, 6) is 0.782. The van der Waals surface area contributed by atoms with Crippen LogP contribution in [0, 0.1) is 0 Å². The lowest BCUT2D eigenvalue weighted by Gasteiger charge is -2.17. The number of rotatable bonds is 6. The van der Waals surface area contributed by atoms with Crippen LogP contribution >= 0.6 is 0 Å². The van der Waals surface area contributed by atoms with Crippen molar-refractivity contribution in [3.05, 3.63) is 54.0 Å². The first-order valence-corrected chi connectivity index (χ1v) is 8.48. The molecule has 0 aliphatic carbocycles. The molecule has 0 aliphatic heterocycles. The molecule has 0 saturated heterocycles. The first-order valence-electron chi connectivity index (χ1n) is 6.59. The van der Waals surface area contributed by atoms with E-state index in [1.807, 2.05) is 18.2 Å². The second kappa shape index (κ2) is 6.24. The molecule has 0 amide bonds. The zero-order chi connectivity index (χ0) is 14.6. The van der Waals surface area contributed by atoms with Crippen molar-refractivity contribution in [1.82, 2.24) is 5.32 Å². The van der Waals surface area contributed by atoms with Gasteiger partial charge in [0.05, 0.1) is 17.2 Å². The van der Waals surface area contributed by atoms with Gasteiger partial charge in [0.2, 0.25) is 0 Å². The van der Waals surface area contributed by atoms with Gasteiger partial charge in [-0.05, 0) is 42.8 Å². The monoisotopic (exact) mass is 293 g/mol. The van der Waals surface area contributed by atoms with E-state index in [4.69, 9.17) is 4.42 Å². The van der Waals surface area contributed by atoms with Gasteiger partial charge in [0.1, 0.15) is 5.76 Å². The van der Waals surface area contributed by atoms with E-state index >= 15 is 0 Å². The normalized spacial score (nSPS) is 13.3. The van der Waals surface area contributed by atoms with Crippen molar-refractivity contribution in [2.24, 2.45) is 0 Å². The van der Waals surface area contributed by atoms with E-state index in [0.29, 0.717) is 4.90 Å². The van der Waals surface area contributed by atoms with E-state index in [2.05, 4.69) is 12.2 Å². The fourth-order valence-corrected chi connectivity index (χ4v) is 2.73. The van der Waals surface area contributed by atoms with Crippen LogP contribution in [0.5, 0.6) is 0 Å². The zero-order valence-electron chi connectivity index (χ0n) is 11.7. The van der Waals surface area contributed by atoms with Crippen molar-refractivity contribution in [1.29, 1.82) is 0 Å². The van der Waals surface area contributed by atoms with Gasteiger partial charge >= 0.3 is 0 Å².